The van der Waals surface area contributed by atoms with Crippen molar-refractivity contribution in [2.24, 2.45) is 5.92 Å². The molecule has 0 aromatic heterocycles. The quantitative estimate of drug-likeness (QED) is 0.878. The van der Waals surface area contributed by atoms with E-state index in [-0.39, 0.29) is 30.4 Å². The number of hydrogen-bond donors (Lipinski definition) is 1. The summed E-state index contributed by atoms with van der Waals surface area (Å²) in [4.78, 5) is 28.6. The van der Waals surface area contributed by atoms with Gasteiger partial charge in [0.15, 0.2) is 0 Å². The fourth-order valence-corrected chi connectivity index (χ4v) is 3.58. The molecule has 1 aromatic carbocycles. The van der Waals surface area contributed by atoms with Crippen LogP contribution in [0, 0.1) is 5.92 Å². The standard InChI is InChI=1S/C18H23ClN2O4/c1-20(15-10-25-11-16(15)22)17(23)13-6-8-21(9-7-13)18(24)12-2-4-14(19)5-3-12/h2-5,13,15-16,22H,6-11H2,1H3/t15-,16-/m0/s1. The maximum Gasteiger partial charge on any atom is 0.253 e. The molecule has 25 heavy (non-hydrogen) atoms. The molecule has 2 amide bonds. The van der Waals surface area contributed by atoms with E-state index >= 15 is 0 Å². The number of piperidine rings is 1. The number of halogens is 1. The van der Waals surface area contributed by atoms with Gasteiger partial charge in [-0.15, -0.1) is 0 Å². The minimum Gasteiger partial charge on any atom is -0.388 e. The van der Waals surface area contributed by atoms with Gasteiger partial charge >= 0.3 is 0 Å². The van der Waals surface area contributed by atoms with Gasteiger partial charge in [-0.2, -0.15) is 0 Å². The first kappa shape index (κ1) is 18.2. The number of benzene rings is 1. The fourth-order valence-electron chi connectivity index (χ4n) is 3.46. The van der Waals surface area contributed by atoms with Gasteiger partial charge in [0.25, 0.3) is 5.91 Å². The van der Waals surface area contributed by atoms with Crippen LogP contribution in [0.4, 0.5) is 0 Å². The van der Waals surface area contributed by atoms with Crippen molar-refractivity contribution in [2.45, 2.75) is 25.0 Å². The van der Waals surface area contributed by atoms with Gasteiger partial charge < -0.3 is 19.6 Å². The third kappa shape index (κ3) is 3.97. The number of carbonyl (C=O) groups is 2. The van der Waals surface area contributed by atoms with Gasteiger partial charge in [0.05, 0.1) is 25.4 Å². The topological polar surface area (TPSA) is 70.1 Å². The van der Waals surface area contributed by atoms with Crippen molar-refractivity contribution in [2.75, 3.05) is 33.4 Å². The second kappa shape index (κ2) is 7.72. The number of aliphatic hydroxyl groups is 1. The first-order chi connectivity index (χ1) is 12.0. The smallest absolute Gasteiger partial charge is 0.253 e. The second-order valence-electron chi connectivity index (χ2n) is 6.69. The van der Waals surface area contributed by atoms with E-state index in [9.17, 15) is 14.7 Å². The predicted molar refractivity (Wildman–Crippen MR) is 93.5 cm³/mol. The van der Waals surface area contributed by atoms with Crippen molar-refractivity contribution in [3.63, 3.8) is 0 Å². The molecular weight excluding hydrogens is 344 g/mol. The van der Waals surface area contributed by atoms with E-state index in [1.54, 1.807) is 41.1 Å². The first-order valence-electron chi connectivity index (χ1n) is 8.54. The van der Waals surface area contributed by atoms with E-state index < -0.39 is 6.10 Å². The summed E-state index contributed by atoms with van der Waals surface area (Å²) in [7, 11) is 1.72. The summed E-state index contributed by atoms with van der Waals surface area (Å²) in [5.74, 6) is -0.129. The van der Waals surface area contributed by atoms with Crippen molar-refractivity contribution < 1.29 is 19.4 Å². The number of hydrogen-bond acceptors (Lipinski definition) is 4. The third-order valence-electron chi connectivity index (χ3n) is 5.09. The third-order valence-corrected chi connectivity index (χ3v) is 5.34. The Bertz CT molecular complexity index is 628. The Morgan fingerprint density at radius 2 is 1.84 bits per heavy atom. The van der Waals surface area contributed by atoms with Crippen LogP contribution in [0.2, 0.25) is 5.02 Å². The van der Waals surface area contributed by atoms with Gasteiger partial charge in [0.2, 0.25) is 5.91 Å². The van der Waals surface area contributed by atoms with Gasteiger partial charge in [-0.25, -0.2) is 0 Å². The van der Waals surface area contributed by atoms with Crippen LogP contribution < -0.4 is 0 Å². The molecule has 2 fully saturated rings. The van der Waals surface area contributed by atoms with Crippen LogP contribution in [0.1, 0.15) is 23.2 Å². The minimum atomic E-state index is -0.625. The highest BCUT2D eigenvalue weighted by Crippen LogP contribution is 2.23. The Hall–Kier alpha value is -1.63. The van der Waals surface area contributed by atoms with Crippen molar-refractivity contribution in [1.82, 2.24) is 9.80 Å². The second-order valence-corrected chi connectivity index (χ2v) is 7.13. The molecule has 0 saturated carbocycles. The van der Waals surface area contributed by atoms with Crippen LogP contribution >= 0.6 is 11.6 Å². The number of likely N-dealkylation sites (N-methyl/N-ethyl adjacent to an activating group) is 1. The zero-order valence-corrected chi connectivity index (χ0v) is 15.0. The highest BCUT2D eigenvalue weighted by atomic mass is 35.5. The van der Waals surface area contributed by atoms with Gasteiger partial charge in [-0.05, 0) is 37.1 Å². The summed E-state index contributed by atoms with van der Waals surface area (Å²) in [5, 5.41) is 10.5. The van der Waals surface area contributed by atoms with Crippen LogP contribution in [0.3, 0.4) is 0 Å². The Balaban J connectivity index is 1.55. The molecule has 1 N–H and O–H groups in total. The minimum absolute atomic E-state index is 0.0214. The molecule has 2 saturated heterocycles. The van der Waals surface area contributed by atoms with E-state index in [0.29, 0.717) is 43.1 Å². The SMILES string of the molecule is CN(C(=O)C1CCN(C(=O)c2ccc(Cl)cc2)CC1)[C@H]1COC[C@@H]1O. The van der Waals surface area contributed by atoms with Crippen molar-refractivity contribution in [3.8, 4) is 0 Å². The molecule has 7 heteroatoms. The lowest BCUT2D eigenvalue weighted by Crippen LogP contribution is -2.49. The Kier molecular flexibility index (Phi) is 5.61. The average Bonchev–Trinajstić information content (AvgIpc) is 3.06. The lowest BCUT2D eigenvalue weighted by molar-refractivity contribution is -0.139. The number of ether oxygens (including phenoxy) is 1. The fraction of sp³-hybridized carbons (Fsp3) is 0.556. The summed E-state index contributed by atoms with van der Waals surface area (Å²) in [5.41, 5.74) is 0.609. The first-order valence-corrected chi connectivity index (χ1v) is 8.92. The van der Waals surface area contributed by atoms with E-state index in [1.807, 2.05) is 0 Å². The average molecular weight is 367 g/mol. The summed E-state index contributed by atoms with van der Waals surface area (Å²) in [6.45, 7) is 1.75. The van der Waals surface area contributed by atoms with Crippen molar-refractivity contribution in [1.29, 1.82) is 0 Å². The zero-order chi connectivity index (χ0) is 18.0. The zero-order valence-electron chi connectivity index (χ0n) is 14.2. The number of carbonyl (C=O) groups excluding carboxylic acids is 2. The van der Waals surface area contributed by atoms with Crippen LogP contribution in [0.15, 0.2) is 24.3 Å². The molecule has 0 radical (unpaired) electrons. The van der Waals surface area contributed by atoms with E-state index in [1.165, 1.54) is 0 Å². The molecule has 0 unspecified atom stereocenters. The molecule has 1 aromatic rings. The van der Waals surface area contributed by atoms with Gasteiger partial charge in [0, 0.05) is 36.6 Å². The number of aliphatic hydroxyl groups excluding tert-OH is 1. The molecule has 0 bridgehead atoms. The van der Waals surface area contributed by atoms with Crippen molar-refractivity contribution >= 4 is 23.4 Å². The highest BCUT2D eigenvalue weighted by molar-refractivity contribution is 6.30. The summed E-state index contributed by atoms with van der Waals surface area (Å²) in [6.07, 6.45) is 0.638. The number of rotatable bonds is 3. The molecule has 136 valence electrons. The van der Waals surface area contributed by atoms with Crippen LogP contribution in [-0.4, -0.2) is 72.2 Å². The summed E-state index contributed by atoms with van der Waals surface area (Å²) in [6, 6.07) is 6.57. The van der Waals surface area contributed by atoms with Crippen molar-refractivity contribution in [3.05, 3.63) is 34.9 Å². The maximum atomic E-state index is 12.7. The van der Waals surface area contributed by atoms with E-state index in [2.05, 4.69) is 0 Å². The predicted octanol–water partition coefficient (Wildman–Crippen LogP) is 1.41. The molecule has 3 rings (SSSR count). The molecular formula is C18H23ClN2O4. The molecule has 0 aliphatic carbocycles. The van der Waals surface area contributed by atoms with Crippen LogP contribution in [0.5, 0.6) is 0 Å². The number of nitrogens with zero attached hydrogens (tertiary/aromatic N) is 2. The number of likely N-dealkylation sites (tertiary alicyclic amines) is 1. The highest BCUT2D eigenvalue weighted by Gasteiger charge is 2.36. The Labute approximate surface area is 152 Å². The molecule has 2 atom stereocenters. The monoisotopic (exact) mass is 366 g/mol. The summed E-state index contributed by atoms with van der Waals surface area (Å²) < 4.78 is 5.23. The Morgan fingerprint density at radius 1 is 1.20 bits per heavy atom. The molecule has 6 nitrogen and oxygen atoms in total. The van der Waals surface area contributed by atoms with E-state index in [4.69, 9.17) is 16.3 Å². The lowest BCUT2D eigenvalue weighted by Gasteiger charge is -2.35. The normalized spacial score (nSPS) is 24.4. The summed E-state index contributed by atoms with van der Waals surface area (Å²) >= 11 is 5.86. The molecule has 0 spiro atoms. The van der Waals surface area contributed by atoms with Gasteiger partial charge in [0.1, 0.15) is 0 Å². The number of amides is 2. The largest absolute Gasteiger partial charge is 0.388 e. The van der Waals surface area contributed by atoms with Gasteiger partial charge in [-0.3, -0.25) is 9.59 Å². The van der Waals surface area contributed by atoms with Crippen LogP contribution in [-0.2, 0) is 9.53 Å². The molecule has 2 aliphatic heterocycles. The molecule has 2 aliphatic rings. The van der Waals surface area contributed by atoms with Crippen LogP contribution in [0.25, 0.3) is 0 Å². The molecule has 2 heterocycles. The Morgan fingerprint density at radius 3 is 2.40 bits per heavy atom. The van der Waals surface area contributed by atoms with E-state index in [0.717, 1.165) is 0 Å². The maximum absolute atomic E-state index is 12.7. The lowest BCUT2D eigenvalue weighted by atomic mass is 9.94. The van der Waals surface area contributed by atoms with Gasteiger partial charge in [-0.1, -0.05) is 11.6 Å².